The Labute approximate surface area is 90.6 Å². The van der Waals surface area contributed by atoms with Crippen LogP contribution in [0, 0.1) is 5.92 Å². The van der Waals surface area contributed by atoms with Crippen LogP contribution >= 0.6 is 0 Å². The Balaban J connectivity index is 4.26. The monoisotopic (exact) mass is 213 g/mol. The molecule has 0 heterocycles. The predicted octanol–water partition coefficient (Wildman–Crippen LogP) is 1.52. The zero-order chi connectivity index (χ0) is 11.8. The fraction of sp³-hybridized carbons (Fsp3) is 0.636. The molecular weight excluding hydrogens is 194 g/mol. The molecule has 0 spiro atoms. The van der Waals surface area contributed by atoms with Gasteiger partial charge in [-0.2, -0.15) is 0 Å². The van der Waals surface area contributed by atoms with E-state index in [4.69, 9.17) is 5.11 Å². The number of hydrogen-bond donors (Lipinski definition) is 1. The quantitative estimate of drug-likeness (QED) is 0.652. The summed E-state index contributed by atoms with van der Waals surface area (Å²) in [4.78, 5) is 23.5. The van der Waals surface area contributed by atoms with Crippen molar-refractivity contribution in [2.75, 3.05) is 13.1 Å². The van der Waals surface area contributed by atoms with Crippen molar-refractivity contribution in [3.63, 3.8) is 0 Å². The Morgan fingerprint density at radius 1 is 1.47 bits per heavy atom. The third-order valence-corrected chi connectivity index (χ3v) is 1.83. The SMILES string of the molecule is C=CCCC(=O)N(CC(=O)O)CC(C)C. The molecule has 0 radical (unpaired) electrons. The van der Waals surface area contributed by atoms with E-state index in [-0.39, 0.29) is 18.4 Å². The van der Waals surface area contributed by atoms with Crippen molar-refractivity contribution in [1.29, 1.82) is 0 Å². The molecule has 0 aromatic rings. The van der Waals surface area contributed by atoms with E-state index in [1.54, 1.807) is 6.08 Å². The second kappa shape index (κ2) is 7.04. The summed E-state index contributed by atoms with van der Waals surface area (Å²) in [6.07, 6.45) is 2.59. The number of rotatable bonds is 7. The third kappa shape index (κ3) is 6.71. The average molecular weight is 213 g/mol. The Morgan fingerprint density at radius 3 is 2.47 bits per heavy atom. The van der Waals surface area contributed by atoms with Gasteiger partial charge in [0, 0.05) is 13.0 Å². The Bertz CT molecular complexity index is 236. The van der Waals surface area contributed by atoms with E-state index in [0.717, 1.165) is 0 Å². The minimum atomic E-state index is -0.970. The lowest BCUT2D eigenvalue weighted by atomic mass is 10.2. The average Bonchev–Trinajstić information content (AvgIpc) is 2.11. The van der Waals surface area contributed by atoms with Crippen molar-refractivity contribution in [2.45, 2.75) is 26.7 Å². The minimum absolute atomic E-state index is 0.119. The van der Waals surface area contributed by atoms with Crippen LogP contribution in [0.1, 0.15) is 26.7 Å². The maximum Gasteiger partial charge on any atom is 0.323 e. The highest BCUT2D eigenvalue weighted by Crippen LogP contribution is 2.03. The molecule has 1 N–H and O–H groups in total. The summed E-state index contributed by atoms with van der Waals surface area (Å²) in [7, 11) is 0. The van der Waals surface area contributed by atoms with Gasteiger partial charge >= 0.3 is 5.97 Å². The van der Waals surface area contributed by atoms with Crippen LogP contribution < -0.4 is 0 Å². The van der Waals surface area contributed by atoms with E-state index in [1.165, 1.54) is 4.90 Å². The molecule has 0 atom stereocenters. The van der Waals surface area contributed by atoms with E-state index in [1.807, 2.05) is 13.8 Å². The summed E-state index contributed by atoms with van der Waals surface area (Å²) < 4.78 is 0. The van der Waals surface area contributed by atoms with E-state index in [2.05, 4.69) is 6.58 Å². The van der Waals surface area contributed by atoms with E-state index in [0.29, 0.717) is 19.4 Å². The highest BCUT2D eigenvalue weighted by Gasteiger charge is 2.16. The van der Waals surface area contributed by atoms with Gasteiger partial charge in [-0.3, -0.25) is 9.59 Å². The number of carboxylic acids is 1. The molecule has 0 bridgehead atoms. The van der Waals surface area contributed by atoms with Gasteiger partial charge in [0.2, 0.25) is 5.91 Å². The van der Waals surface area contributed by atoms with Gasteiger partial charge in [-0.15, -0.1) is 6.58 Å². The van der Waals surface area contributed by atoms with Crippen molar-refractivity contribution < 1.29 is 14.7 Å². The lowest BCUT2D eigenvalue weighted by Gasteiger charge is -2.22. The van der Waals surface area contributed by atoms with Gasteiger partial charge in [-0.1, -0.05) is 19.9 Å². The molecule has 0 fully saturated rings. The number of carboxylic acid groups (broad SMARTS) is 1. The minimum Gasteiger partial charge on any atom is -0.480 e. The molecule has 86 valence electrons. The molecule has 4 heteroatoms. The van der Waals surface area contributed by atoms with Crippen molar-refractivity contribution in [1.82, 2.24) is 4.90 Å². The predicted molar refractivity (Wildman–Crippen MR) is 58.5 cm³/mol. The molecule has 0 saturated heterocycles. The standard InChI is InChI=1S/C11H19NO3/c1-4-5-6-10(13)12(7-9(2)3)8-11(14)15/h4,9H,1,5-8H2,2-3H3,(H,14,15). The fourth-order valence-electron chi connectivity index (χ4n) is 1.24. The Hall–Kier alpha value is -1.32. The number of amides is 1. The first-order valence-corrected chi connectivity index (χ1v) is 5.07. The molecule has 0 unspecified atom stereocenters. The van der Waals surface area contributed by atoms with Crippen LogP contribution in [0.4, 0.5) is 0 Å². The second-order valence-electron chi connectivity index (χ2n) is 3.89. The van der Waals surface area contributed by atoms with Crippen LogP contribution in [0.5, 0.6) is 0 Å². The van der Waals surface area contributed by atoms with Crippen LogP contribution in [0.3, 0.4) is 0 Å². The number of allylic oxidation sites excluding steroid dienone is 1. The van der Waals surface area contributed by atoms with Crippen LogP contribution in [-0.2, 0) is 9.59 Å². The van der Waals surface area contributed by atoms with Crippen LogP contribution in [0.25, 0.3) is 0 Å². The largest absolute Gasteiger partial charge is 0.480 e. The number of carbonyl (C=O) groups is 2. The first-order chi connectivity index (χ1) is 6.97. The zero-order valence-electron chi connectivity index (χ0n) is 9.40. The third-order valence-electron chi connectivity index (χ3n) is 1.83. The Morgan fingerprint density at radius 2 is 2.07 bits per heavy atom. The number of hydrogen-bond acceptors (Lipinski definition) is 2. The molecule has 4 nitrogen and oxygen atoms in total. The van der Waals surface area contributed by atoms with E-state index in [9.17, 15) is 9.59 Å². The van der Waals surface area contributed by atoms with Crippen molar-refractivity contribution in [3.8, 4) is 0 Å². The van der Waals surface area contributed by atoms with Gasteiger partial charge < -0.3 is 10.0 Å². The summed E-state index contributed by atoms with van der Waals surface area (Å²) in [5, 5.41) is 8.66. The summed E-state index contributed by atoms with van der Waals surface area (Å²) in [6, 6.07) is 0. The molecule has 1 amide bonds. The van der Waals surface area contributed by atoms with Gasteiger partial charge in [0.05, 0.1) is 0 Å². The molecule has 0 saturated carbocycles. The second-order valence-corrected chi connectivity index (χ2v) is 3.89. The summed E-state index contributed by atoms with van der Waals surface area (Å²) in [5.74, 6) is -0.814. The van der Waals surface area contributed by atoms with Crippen LogP contribution in [-0.4, -0.2) is 35.0 Å². The molecule has 0 rings (SSSR count). The molecule has 0 aliphatic carbocycles. The van der Waals surface area contributed by atoms with Gasteiger partial charge in [-0.25, -0.2) is 0 Å². The summed E-state index contributed by atoms with van der Waals surface area (Å²) >= 11 is 0. The highest BCUT2D eigenvalue weighted by atomic mass is 16.4. The van der Waals surface area contributed by atoms with Crippen LogP contribution in [0.15, 0.2) is 12.7 Å². The van der Waals surface area contributed by atoms with Gasteiger partial charge in [0.1, 0.15) is 6.54 Å². The van der Waals surface area contributed by atoms with Crippen molar-refractivity contribution >= 4 is 11.9 Å². The van der Waals surface area contributed by atoms with Crippen molar-refractivity contribution in [3.05, 3.63) is 12.7 Å². The fourth-order valence-corrected chi connectivity index (χ4v) is 1.24. The first-order valence-electron chi connectivity index (χ1n) is 5.07. The molecule has 0 aromatic carbocycles. The summed E-state index contributed by atoms with van der Waals surface area (Å²) in [5.41, 5.74) is 0. The molecule has 0 aliphatic rings. The molecule has 15 heavy (non-hydrogen) atoms. The lowest BCUT2D eigenvalue weighted by molar-refractivity contribution is -0.144. The maximum atomic E-state index is 11.6. The normalized spacial score (nSPS) is 10.1. The van der Waals surface area contributed by atoms with E-state index < -0.39 is 5.97 Å². The number of nitrogens with zero attached hydrogens (tertiary/aromatic N) is 1. The van der Waals surface area contributed by atoms with Gasteiger partial charge in [0.25, 0.3) is 0 Å². The number of aliphatic carboxylic acids is 1. The van der Waals surface area contributed by atoms with Gasteiger partial charge in [-0.05, 0) is 12.3 Å². The highest BCUT2D eigenvalue weighted by molar-refractivity contribution is 5.81. The summed E-state index contributed by atoms with van der Waals surface area (Å²) in [6.45, 7) is 7.71. The lowest BCUT2D eigenvalue weighted by Crippen LogP contribution is -2.38. The molecule has 0 aromatic heterocycles. The first kappa shape index (κ1) is 13.7. The van der Waals surface area contributed by atoms with Gasteiger partial charge in [0.15, 0.2) is 0 Å². The van der Waals surface area contributed by atoms with E-state index >= 15 is 0 Å². The van der Waals surface area contributed by atoms with Crippen molar-refractivity contribution in [2.24, 2.45) is 5.92 Å². The zero-order valence-corrected chi connectivity index (χ0v) is 9.40. The topological polar surface area (TPSA) is 57.6 Å². The number of carbonyl (C=O) groups excluding carboxylic acids is 1. The maximum absolute atomic E-state index is 11.6. The molecule has 0 aliphatic heterocycles. The smallest absolute Gasteiger partial charge is 0.323 e. The molecular formula is C11H19NO3. The van der Waals surface area contributed by atoms with Crippen LogP contribution in [0.2, 0.25) is 0 Å². The Kier molecular flexibility index (Phi) is 6.42.